The SMILES string of the molecule is COc1ccnc(N2CCCC[C@@H]2Cn2cncn2)n1. The van der Waals surface area contributed by atoms with Gasteiger partial charge in [0.05, 0.1) is 19.7 Å². The Bertz CT molecular complexity index is 544. The molecule has 0 unspecified atom stereocenters. The Morgan fingerprint density at radius 3 is 3.15 bits per heavy atom. The van der Waals surface area contributed by atoms with Crippen LogP contribution in [-0.4, -0.2) is 44.4 Å². The van der Waals surface area contributed by atoms with Gasteiger partial charge in [-0.2, -0.15) is 10.1 Å². The van der Waals surface area contributed by atoms with E-state index in [4.69, 9.17) is 4.74 Å². The topological polar surface area (TPSA) is 69.0 Å². The first-order valence-corrected chi connectivity index (χ1v) is 6.83. The van der Waals surface area contributed by atoms with Crippen molar-refractivity contribution < 1.29 is 4.74 Å². The van der Waals surface area contributed by atoms with E-state index >= 15 is 0 Å². The third-order valence-electron chi connectivity index (χ3n) is 3.57. The van der Waals surface area contributed by atoms with Crippen LogP contribution >= 0.6 is 0 Å². The highest BCUT2D eigenvalue weighted by molar-refractivity contribution is 5.34. The molecule has 0 amide bonds. The number of anilines is 1. The zero-order chi connectivity index (χ0) is 13.8. The number of methoxy groups -OCH3 is 1. The molecule has 0 bridgehead atoms. The standard InChI is InChI=1S/C13H18N6O/c1-20-12-5-6-15-13(17-12)19-7-3-2-4-11(19)8-18-10-14-9-16-18/h5-6,9-11H,2-4,7-8H2,1H3/t11-/m1/s1. The summed E-state index contributed by atoms with van der Waals surface area (Å²) in [5.74, 6) is 1.33. The molecule has 20 heavy (non-hydrogen) atoms. The Hall–Kier alpha value is -2.18. The van der Waals surface area contributed by atoms with E-state index in [0.717, 1.165) is 31.9 Å². The van der Waals surface area contributed by atoms with Gasteiger partial charge in [-0.3, -0.25) is 4.68 Å². The van der Waals surface area contributed by atoms with E-state index in [2.05, 4.69) is 25.0 Å². The van der Waals surface area contributed by atoms with E-state index in [0.29, 0.717) is 11.9 Å². The maximum absolute atomic E-state index is 5.18. The van der Waals surface area contributed by atoms with Gasteiger partial charge in [-0.1, -0.05) is 0 Å². The molecule has 3 heterocycles. The first-order chi connectivity index (χ1) is 9.86. The van der Waals surface area contributed by atoms with Crippen LogP contribution in [0.25, 0.3) is 0 Å². The minimum Gasteiger partial charge on any atom is -0.481 e. The minimum atomic E-state index is 0.345. The third-order valence-corrected chi connectivity index (χ3v) is 3.57. The van der Waals surface area contributed by atoms with E-state index in [-0.39, 0.29) is 0 Å². The molecule has 0 aromatic carbocycles. The lowest BCUT2D eigenvalue weighted by Crippen LogP contribution is -2.43. The molecule has 2 aromatic rings. The molecule has 1 aliphatic heterocycles. The average molecular weight is 274 g/mol. The van der Waals surface area contributed by atoms with Crippen LogP contribution in [0.3, 0.4) is 0 Å². The second kappa shape index (κ2) is 5.85. The van der Waals surface area contributed by atoms with Gasteiger partial charge < -0.3 is 9.64 Å². The summed E-state index contributed by atoms with van der Waals surface area (Å²) in [6, 6.07) is 2.11. The van der Waals surface area contributed by atoms with Crippen molar-refractivity contribution in [3.05, 3.63) is 24.9 Å². The Morgan fingerprint density at radius 2 is 2.35 bits per heavy atom. The molecule has 1 fully saturated rings. The molecule has 3 rings (SSSR count). The van der Waals surface area contributed by atoms with E-state index in [1.807, 2.05) is 4.68 Å². The highest BCUT2D eigenvalue weighted by Crippen LogP contribution is 2.23. The van der Waals surface area contributed by atoms with Crippen LogP contribution in [0.1, 0.15) is 19.3 Å². The summed E-state index contributed by atoms with van der Waals surface area (Å²) in [5.41, 5.74) is 0. The van der Waals surface area contributed by atoms with Crippen molar-refractivity contribution in [1.29, 1.82) is 0 Å². The fourth-order valence-corrected chi connectivity index (χ4v) is 2.58. The molecule has 1 saturated heterocycles. The number of piperidine rings is 1. The average Bonchev–Trinajstić information content (AvgIpc) is 3.01. The van der Waals surface area contributed by atoms with E-state index < -0.39 is 0 Å². The predicted molar refractivity (Wildman–Crippen MR) is 73.6 cm³/mol. The summed E-state index contributed by atoms with van der Waals surface area (Å²) >= 11 is 0. The lowest BCUT2D eigenvalue weighted by molar-refractivity contribution is 0.381. The van der Waals surface area contributed by atoms with Crippen LogP contribution in [0.15, 0.2) is 24.9 Å². The molecule has 2 aromatic heterocycles. The van der Waals surface area contributed by atoms with Gasteiger partial charge in [0.1, 0.15) is 12.7 Å². The normalized spacial score (nSPS) is 19.1. The van der Waals surface area contributed by atoms with Gasteiger partial charge in [0.25, 0.3) is 0 Å². The van der Waals surface area contributed by atoms with Crippen LogP contribution in [0.4, 0.5) is 5.95 Å². The van der Waals surface area contributed by atoms with Crippen LogP contribution in [-0.2, 0) is 6.54 Å². The molecule has 106 valence electrons. The third kappa shape index (κ3) is 2.71. The first-order valence-electron chi connectivity index (χ1n) is 6.83. The fourth-order valence-electron chi connectivity index (χ4n) is 2.58. The maximum Gasteiger partial charge on any atom is 0.228 e. The van der Waals surface area contributed by atoms with Crippen molar-refractivity contribution in [1.82, 2.24) is 24.7 Å². The summed E-state index contributed by atoms with van der Waals surface area (Å²) in [4.78, 5) is 15.1. The minimum absolute atomic E-state index is 0.345. The lowest BCUT2D eigenvalue weighted by atomic mass is 10.0. The summed E-state index contributed by atoms with van der Waals surface area (Å²) < 4.78 is 7.05. The summed E-state index contributed by atoms with van der Waals surface area (Å²) in [7, 11) is 1.62. The largest absolute Gasteiger partial charge is 0.481 e. The molecular formula is C13H18N6O. The van der Waals surface area contributed by atoms with Gasteiger partial charge in [-0.15, -0.1) is 0 Å². The number of hydrogen-bond acceptors (Lipinski definition) is 6. The van der Waals surface area contributed by atoms with E-state index in [1.54, 1.807) is 32.0 Å². The van der Waals surface area contributed by atoms with Crippen molar-refractivity contribution >= 4 is 5.95 Å². The second-order valence-electron chi connectivity index (χ2n) is 4.86. The second-order valence-corrected chi connectivity index (χ2v) is 4.86. The fraction of sp³-hybridized carbons (Fsp3) is 0.538. The van der Waals surface area contributed by atoms with Crippen LogP contribution < -0.4 is 9.64 Å². The Kier molecular flexibility index (Phi) is 3.76. The van der Waals surface area contributed by atoms with Crippen LogP contribution in [0, 0.1) is 0 Å². The van der Waals surface area contributed by atoms with E-state index in [9.17, 15) is 0 Å². The number of nitrogens with zero attached hydrogens (tertiary/aromatic N) is 6. The predicted octanol–water partition coefficient (Wildman–Crippen LogP) is 1.14. The van der Waals surface area contributed by atoms with Gasteiger partial charge in [0, 0.05) is 18.8 Å². The van der Waals surface area contributed by atoms with Gasteiger partial charge in [0.2, 0.25) is 11.8 Å². The number of aromatic nitrogens is 5. The van der Waals surface area contributed by atoms with Crippen molar-refractivity contribution in [3.8, 4) is 5.88 Å². The highest BCUT2D eigenvalue weighted by atomic mass is 16.5. The molecule has 7 nitrogen and oxygen atoms in total. The molecular weight excluding hydrogens is 256 g/mol. The molecule has 1 atom stereocenters. The zero-order valence-electron chi connectivity index (χ0n) is 11.5. The van der Waals surface area contributed by atoms with Gasteiger partial charge >= 0.3 is 0 Å². The quantitative estimate of drug-likeness (QED) is 0.832. The smallest absolute Gasteiger partial charge is 0.228 e. The first kappa shape index (κ1) is 12.8. The Labute approximate surface area is 117 Å². The Morgan fingerprint density at radius 1 is 1.40 bits per heavy atom. The lowest BCUT2D eigenvalue weighted by Gasteiger charge is -2.35. The maximum atomic E-state index is 5.18. The van der Waals surface area contributed by atoms with Crippen molar-refractivity contribution in [2.24, 2.45) is 0 Å². The van der Waals surface area contributed by atoms with Gasteiger partial charge in [-0.05, 0) is 19.3 Å². The van der Waals surface area contributed by atoms with Crippen LogP contribution in [0.2, 0.25) is 0 Å². The van der Waals surface area contributed by atoms with Crippen molar-refractivity contribution in [2.45, 2.75) is 31.8 Å². The monoisotopic (exact) mass is 274 g/mol. The molecule has 0 saturated carbocycles. The van der Waals surface area contributed by atoms with Crippen molar-refractivity contribution in [3.63, 3.8) is 0 Å². The number of rotatable bonds is 4. The van der Waals surface area contributed by atoms with Crippen LogP contribution in [0.5, 0.6) is 5.88 Å². The highest BCUT2D eigenvalue weighted by Gasteiger charge is 2.25. The van der Waals surface area contributed by atoms with Gasteiger partial charge in [-0.25, -0.2) is 9.97 Å². The van der Waals surface area contributed by atoms with Crippen molar-refractivity contribution in [2.75, 3.05) is 18.6 Å². The zero-order valence-corrected chi connectivity index (χ0v) is 11.5. The molecule has 0 aliphatic carbocycles. The number of hydrogen-bond donors (Lipinski definition) is 0. The summed E-state index contributed by atoms with van der Waals surface area (Å²) in [5, 5.41) is 4.19. The molecule has 7 heteroatoms. The summed E-state index contributed by atoms with van der Waals surface area (Å²) in [6.45, 7) is 1.77. The Balaban J connectivity index is 1.80. The van der Waals surface area contributed by atoms with E-state index in [1.165, 1.54) is 6.42 Å². The number of ether oxygens (including phenoxy) is 1. The molecule has 1 aliphatic rings. The molecule has 0 radical (unpaired) electrons. The summed E-state index contributed by atoms with van der Waals surface area (Å²) in [6.07, 6.45) is 8.55. The molecule has 0 N–H and O–H groups in total. The van der Waals surface area contributed by atoms with Gasteiger partial charge in [0.15, 0.2) is 0 Å². The molecule has 0 spiro atoms.